The second kappa shape index (κ2) is 7.96. The first-order chi connectivity index (χ1) is 14.5. The molecule has 3 aromatic carbocycles. The summed E-state index contributed by atoms with van der Waals surface area (Å²) < 4.78 is 0. The van der Waals surface area contributed by atoms with Crippen molar-refractivity contribution >= 4 is 34.4 Å². The van der Waals surface area contributed by atoms with E-state index in [4.69, 9.17) is 0 Å². The molecule has 0 radical (unpaired) electrons. The number of anilines is 1. The highest BCUT2D eigenvalue weighted by molar-refractivity contribution is 6.02. The molecule has 0 aliphatic heterocycles. The van der Waals surface area contributed by atoms with Gasteiger partial charge in [-0.05, 0) is 48.9 Å². The van der Waals surface area contributed by atoms with Crippen molar-refractivity contribution in [2.24, 2.45) is 0 Å². The van der Waals surface area contributed by atoms with Crippen molar-refractivity contribution in [3.8, 4) is 5.69 Å². The highest BCUT2D eigenvalue weighted by Crippen LogP contribution is 2.18. The molecule has 8 nitrogen and oxygen atoms in total. The van der Waals surface area contributed by atoms with E-state index in [9.17, 15) is 14.9 Å². The number of aromatic nitrogens is 3. The molecule has 1 aromatic heterocycles. The first-order valence-electron chi connectivity index (χ1n) is 9.16. The van der Waals surface area contributed by atoms with E-state index in [0.717, 1.165) is 11.3 Å². The summed E-state index contributed by atoms with van der Waals surface area (Å²) in [4.78, 5) is 24.1. The average Bonchev–Trinajstić information content (AvgIpc) is 3.16. The lowest BCUT2D eigenvalue weighted by atomic mass is 10.2. The third kappa shape index (κ3) is 4.22. The minimum Gasteiger partial charge on any atom is -0.322 e. The van der Waals surface area contributed by atoms with Gasteiger partial charge in [-0.15, -0.1) is 10.2 Å². The third-order valence-electron chi connectivity index (χ3n) is 4.42. The predicted octanol–water partition coefficient (Wildman–Crippen LogP) is 4.29. The Hall–Kier alpha value is -4.33. The third-order valence-corrected chi connectivity index (χ3v) is 4.42. The molecule has 0 aliphatic carbocycles. The second-order valence-corrected chi connectivity index (χ2v) is 6.70. The molecule has 4 aromatic rings. The van der Waals surface area contributed by atoms with Gasteiger partial charge in [0.2, 0.25) is 5.91 Å². The number of fused-ring (bicyclic) bond motifs is 1. The van der Waals surface area contributed by atoms with E-state index in [-0.39, 0.29) is 11.6 Å². The number of amides is 1. The molecule has 0 spiro atoms. The summed E-state index contributed by atoms with van der Waals surface area (Å²) >= 11 is 0. The van der Waals surface area contributed by atoms with E-state index >= 15 is 0 Å². The van der Waals surface area contributed by atoms with Crippen LogP contribution in [0.15, 0.2) is 72.8 Å². The number of nitrogens with one attached hydrogen (secondary N) is 1. The van der Waals surface area contributed by atoms with Crippen LogP contribution in [0.5, 0.6) is 0 Å². The van der Waals surface area contributed by atoms with Gasteiger partial charge in [0.05, 0.1) is 10.6 Å². The zero-order valence-corrected chi connectivity index (χ0v) is 16.0. The van der Waals surface area contributed by atoms with Crippen LogP contribution in [-0.2, 0) is 4.79 Å². The first kappa shape index (κ1) is 19.0. The quantitative estimate of drug-likeness (QED) is 0.306. The Bertz CT molecular complexity index is 1280. The van der Waals surface area contributed by atoms with E-state index in [2.05, 4.69) is 15.5 Å². The summed E-state index contributed by atoms with van der Waals surface area (Å²) in [5, 5.41) is 22.5. The second-order valence-electron chi connectivity index (χ2n) is 6.70. The van der Waals surface area contributed by atoms with Gasteiger partial charge < -0.3 is 5.32 Å². The highest BCUT2D eigenvalue weighted by Gasteiger charge is 2.07. The summed E-state index contributed by atoms with van der Waals surface area (Å²) in [5.41, 5.74) is 4.47. The van der Waals surface area contributed by atoms with Crippen LogP contribution < -0.4 is 5.32 Å². The molecule has 8 heteroatoms. The lowest BCUT2D eigenvalue weighted by Crippen LogP contribution is -2.07. The molecule has 1 N–H and O–H groups in total. The molecule has 30 heavy (non-hydrogen) atoms. The molecule has 0 saturated heterocycles. The maximum atomic E-state index is 12.2. The average molecular weight is 399 g/mol. The standard InChI is InChI=1S/C22H17N5O3/c1-15-5-9-18(10-6-15)26-24-20-11-8-17(14-21(20)25-26)23-22(28)12-7-16-3-2-4-19(13-16)27(29)30/h2-14H,1H3,(H,23,28)/b12-7+. The first-order valence-corrected chi connectivity index (χ1v) is 9.16. The molecule has 1 amide bonds. The zero-order chi connectivity index (χ0) is 21.1. The SMILES string of the molecule is Cc1ccc(-n2nc3ccc(NC(=O)/C=C/c4cccc([N+](=O)[O-])c4)cc3n2)cc1. The van der Waals surface area contributed by atoms with Crippen LogP contribution >= 0.6 is 0 Å². The summed E-state index contributed by atoms with van der Waals surface area (Å²) in [5.74, 6) is -0.355. The van der Waals surface area contributed by atoms with Crippen molar-refractivity contribution in [1.82, 2.24) is 15.0 Å². The lowest BCUT2D eigenvalue weighted by Gasteiger charge is -2.01. The molecule has 0 atom stereocenters. The van der Waals surface area contributed by atoms with Crippen LogP contribution in [0.25, 0.3) is 22.8 Å². The molecule has 0 bridgehead atoms. The number of hydrogen-bond donors (Lipinski definition) is 1. The zero-order valence-electron chi connectivity index (χ0n) is 16.0. The number of rotatable bonds is 5. The summed E-state index contributed by atoms with van der Waals surface area (Å²) in [6.45, 7) is 2.01. The van der Waals surface area contributed by atoms with Crippen LogP contribution in [0.4, 0.5) is 11.4 Å². The summed E-state index contributed by atoms with van der Waals surface area (Å²) in [7, 11) is 0. The van der Waals surface area contributed by atoms with E-state index < -0.39 is 4.92 Å². The van der Waals surface area contributed by atoms with Gasteiger partial charge in [0.25, 0.3) is 5.69 Å². The minimum absolute atomic E-state index is 0.0281. The van der Waals surface area contributed by atoms with Crippen molar-refractivity contribution in [2.75, 3.05) is 5.32 Å². The fourth-order valence-corrected chi connectivity index (χ4v) is 2.88. The molecule has 0 unspecified atom stereocenters. The number of carbonyl (C=O) groups is 1. The van der Waals surface area contributed by atoms with E-state index in [1.807, 2.05) is 31.2 Å². The van der Waals surface area contributed by atoms with Gasteiger partial charge in [0.1, 0.15) is 11.0 Å². The fraction of sp³-hybridized carbons (Fsp3) is 0.0455. The Morgan fingerprint density at radius 1 is 1.03 bits per heavy atom. The van der Waals surface area contributed by atoms with Gasteiger partial charge in [0.15, 0.2) is 0 Å². The van der Waals surface area contributed by atoms with Crippen molar-refractivity contribution in [2.45, 2.75) is 6.92 Å². The van der Waals surface area contributed by atoms with Crippen LogP contribution in [0.3, 0.4) is 0 Å². The van der Waals surface area contributed by atoms with Gasteiger partial charge in [-0.2, -0.15) is 4.80 Å². The van der Waals surface area contributed by atoms with Crippen molar-refractivity contribution in [3.63, 3.8) is 0 Å². The number of nitro benzene ring substituents is 1. The topological polar surface area (TPSA) is 103 Å². The van der Waals surface area contributed by atoms with E-state index in [0.29, 0.717) is 22.3 Å². The molecule has 0 aliphatic rings. The molecular formula is C22H17N5O3. The van der Waals surface area contributed by atoms with Gasteiger partial charge in [-0.3, -0.25) is 14.9 Å². The van der Waals surface area contributed by atoms with E-state index in [1.165, 1.54) is 24.3 Å². The minimum atomic E-state index is -0.476. The van der Waals surface area contributed by atoms with Crippen molar-refractivity contribution in [1.29, 1.82) is 0 Å². The van der Waals surface area contributed by atoms with E-state index in [1.54, 1.807) is 35.1 Å². The maximum absolute atomic E-state index is 12.2. The molecule has 148 valence electrons. The number of non-ortho nitro benzene ring substituents is 1. The maximum Gasteiger partial charge on any atom is 0.270 e. The lowest BCUT2D eigenvalue weighted by molar-refractivity contribution is -0.384. The Kier molecular flexibility index (Phi) is 5.04. The van der Waals surface area contributed by atoms with Crippen LogP contribution in [0.1, 0.15) is 11.1 Å². The number of hydrogen-bond acceptors (Lipinski definition) is 5. The monoisotopic (exact) mass is 399 g/mol. The van der Waals surface area contributed by atoms with Crippen LogP contribution in [-0.4, -0.2) is 25.8 Å². The van der Waals surface area contributed by atoms with Crippen LogP contribution in [0.2, 0.25) is 0 Å². The fourth-order valence-electron chi connectivity index (χ4n) is 2.88. The molecular weight excluding hydrogens is 382 g/mol. The highest BCUT2D eigenvalue weighted by atomic mass is 16.6. The van der Waals surface area contributed by atoms with Gasteiger partial charge in [-0.1, -0.05) is 29.8 Å². The number of nitro groups is 1. The Labute approximate surface area is 171 Å². The molecule has 1 heterocycles. The van der Waals surface area contributed by atoms with Crippen molar-refractivity contribution in [3.05, 3.63) is 94.0 Å². The summed E-state index contributed by atoms with van der Waals surface area (Å²) in [6, 6.07) is 19.2. The Balaban J connectivity index is 1.49. The number of nitrogens with zero attached hydrogens (tertiary/aromatic N) is 4. The summed E-state index contributed by atoms with van der Waals surface area (Å²) in [6.07, 6.45) is 2.85. The number of aryl methyl sites for hydroxylation is 1. The molecule has 0 fully saturated rings. The smallest absolute Gasteiger partial charge is 0.270 e. The van der Waals surface area contributed by atoms with Crippen LogP contribution in [0, 0.1) is 17.0 Å². The number of benzene rings is 3. The van der Waals surface area contributed by atoms with Gasteiger partial charge >= 0.3 is 0 Å². The number of carbonyl (C=O) groups excluding carboxylic acids is 1. The van der Waals surface area contributed by atoms with Crippen molar-refractivity contribution < 1.29 is 9.72 Å². The predicted molar refractivity (Wildman–Crippen MR) is 114 cm³/mol. The van der Waals surface area contributed by atoms with Gasteiger partial charge in [-0.25, -0.2) is 0 Å². The normalized spacial score (nSPS) is 11.1. The largest absolute Gasteiger partial charge is 0.322 e. The Morgan fingerprint density at radius 3 is 2.57 bits per heavy atom. The molecule has 4 rings (SSSR count). The molecule has 0 saturated carbocycles. The Morgan fingerprint density at radius 2 is 1.80 bits per heavy atom. The van der Waals surface area contributed by atoms with Gasteiger partial charge in [0, 0.05) is 23.9 Å².